The Bertz CT molecular complexity index is 1110. The Morgan fingerprint density at radius 1 is 0.725 bits per heavy atom. The molecule has 0 radical (unpaired) electrons. The van der Waals surface area contributed by atoms with E-state index in [-0.39, 0.29) is 11.1 Å². The Labute approximate surface area is 241 Å². The third kappa shape index (κ3) is 4.26. The molecule has 9 rings (SSSR count). The zero-order chi connectivity index (χ0) is 27.6. The van der Waals surface area contributed by atoms with Gasteiger partial charge in [0.15, 0.2) is 0 Å². The van der Waals surface area contributed by atoms with Crippen LogP contribution in [-0.4, -0.2) is 23.1 Å². The number of benzene rings is 1. The number of hydrogen-bond donors (Lipinski definition) is 0. The van der Waals surface area contributed by atoms with Gasteiger partial charge in [0, 0.05) is 4.90 Å². The third-order valence-electron chi connectivity index (χ3n) is 12.3. The average molecular weight is 570 g/mol. The highest BCUT2D eigenvalue weighted by atomic mass is 32.2. The Morgan fingerprint density at radius 2 is 1.15 bits per heavy atom. The number of carbonyl (C=O) groups excluding carboxylic acids is 2. The van der Waals surface area contributed by atoms with Crippen LogP contribution < -0.4 is 5.26 Å². The van der Waals surface area contributed by atoms with Crippen molar-refractivity contribution in [1.29, 1.82) is 0 Å². The van der Waals surface area contributed by atoms with Crippen molar-refractivity contribution in [2.75, 3.05) is 0 Å². The first-order valence-corrected chi connectivity index (χ1v) is 16.3. The summed E-state index contributed by atoms with van der Waals surface area (Å²) in [7, 11) is 0. The molecular formula is C32H41O7S-. The smallest absolute Gasteiger partial charge is 0.339 e. The maximum absolute atomic E-state index is 14.1. The van der Waals surface area contributed by atoms with E-state index in [4.69, 9.17) is 9.47 Å². The van der Waals surface area contributed by atoms with Gasteiger partial charge in [-0.05, 0) is 143 Å². The van der Waals surface area contributed by atoms with Crippen LogP contribution in [0.25, 0.3) is 0 Å². The number of ether oxygens (including phenoxy) is 2. The molecular weight excluding hydrogens is 528 g/mol. The van der Waals surface area contributed by atoms with Crippen molar-refractivity contribution < 1.29 is 33.7 Å². The zero-order valence-corrected chi connectivity index (χ0v) is 24.4. The minimum atomic E-state index is -0.491. The third-order valence-corrected chi connectivity index (χ3v) is 12.9. The van der Waals surface area contributed by atoms with E-state index in [1.165, 1.54) is 12.8 Å². The molecule has 0 atom stereocenters. The predicted octanol–water partition coefficient (Wildman–Crippen LogP) is 6.44. The van der Waals surface area contributed by atoms with Gasteiger partial charge in [-0.3, -0.25) is 5.04 Å². The molecule has 8 bridgehead atoms. The molecule has 8 heteroatoms. The number of esters is 2. The summed E-state index contributed by atoms with van der Waals surface area (Å²) < 4.78 is 17.6. The summed E-state index contributed by atoms with van der Waals surface area (Å²) in [6.45, 7) is 4.27. The van der Waals surface area contributed by atoms with Crippen LogP contribution in [0.15, 0.2) is 23.1 Å². The minimum Gasteiger partial charge on any atom is -0.691 e. The van der Waals surface area contributed by atoms with Crippen molar-refractivity contribution in [2.45, 2.75) is 107 Å². The summed E-state index contributed by atoms with van der Waals surface area (Å²) in [5.74, 6) is 3.62. The average Bonchev–Trinajstić information content (AvgIpc) is 2.95. The molecule has 40 heavy (non-hydrogen) atoms. The van der Waals surface area contributed by atoms with Crippen LogP contribution in [0.1, 0.15) is 112 Å². The molecule has 8 fully saturated rings. The highest BCUT2D eigenvalue weighted by Crippen LogP contribution is 2.62. The lowest BCUT2D eigenvalue weighted by Gasteiger charge is -2.60. The number of hydrogen-bond acceptors (Lipinski definition) is 8. The molecule has 8 aliphatic rings. The van der Waals surface area contributed by atoms with Crippen LogP contribution in [0.5, 0.6) is 0 Å². The molecule has 0 spiro atoms. The van der Waals surface area contributed by atoms with E-state index in [0.717, 1.165) is 87.9 Å². The molecule has 0 amide bonds. The van der Waals surface area contributed by atoms with Crippen LogP contribution in [0.4, 0.5) is 0 Å². The minimum absolute atomic E-state index is 0.182. The fraction of sp³-hybridized carbons (Fsp3) is 0.750. The van der Waals surface area contributed by atoms with Gasteiger partial charge in [0.05, 0.1) is 23.2 Å². The number of carbonyl (C=O) groups is 2. The Kier molecular flexibility index (Phi) is 7.00. The van der Waals surface area contributed by atoms with Crippen molar-refractivity contribution in [3.63, 3.8) is 0 Å². The van der Waals surface area contributed by atoms with E-state index in [1.807, 2.05) is 0 Å². The van der Waals surface area contributed by atoms with Gasteiger partial charge in [-0.1, -0.05) is 13.8 Å². The summed E-state index contributed by atoms with van der Waals surface area (Å²) >= 11 is 0.710. The maximum atomic E-state index is 14.1. The molecule has 0 N–H and O–H groups in total. The van der Waals surface area contributed by atoms with Gasteiger partial charge >= 0.3 is 11.9 Å². The van der Waals surface area contributed by atoms with Gasteiger partial charge in [-0.2, -0.15) is 4.33 Å². The lowest BCUT2D eigenvalue weighted by atomic mass is 9.49. The fourth-order valence-electron chi connectivity index (χ4n) is 11.0. The molecule has 1 aromatic carbocycles. The first-order chi connectivity index (χ1) is 19.4. The summed E-state index contributed by atoms with van der Waals surface area (Å²) in [6.07, 6.45) is 13.2. The van der Waals surface area contributed by atoms with Crippen molar-refractivity contribution in [3.8, 4) is 0 Å². The second-order valence-electron chi connectivity index (χ2n) is 13.9. The van der Waals surface area contributed by atoms with Gasteiger partial charge in [-0.25, -0.2) is 9.59 Å². The normalized spacial score (nSPS) is 42.3. The van der Waals surface area contributed by atoms with Crippen LogP contribution in [0.3, 0.4) is 0 Å². The van der Waals surface area contributed by atoms with E-state index in [1.54, 1.807) is 18.2 Å². The topological polar surface area (TPSA) is 94.1 Å². The first-order valence-electron chi connectivity index (χ1n) is 15.6. The molecule has 0 heterocycles. The second kappa shape index (κ2) is 10.3. The lowest BCUT2D eigenvalue weighted by Crippen LogP contribution is -2.59. The van der Waals surface area contributed by atoms with Gasteiger partial charge in [0.25, 0.3) is 0 Å². The highest BCUT2D eigenvalue weighted by molar-refractivity contribution is 7.94. The largest absolute Gasteiger partial charge is 0.691 e. The lowest BCUT2D eigenvalue weighted by molar-refractivity contribution is -0.777. The summed E-state index contributed by atoms with van der Waals surface area (Å²) in [4.78, 5) is 28.5. The molecule has 0 aromatic heterocycles. The Morgan fingerprint density at radius 3 is 1.55 bits per heavy atom. The summed E-state index contributed by atoms with van der Waals surface area (Å²) in [5.41, 5.74) is -0.546. The Balaban J connectivity index is 1.19. The molecule has 8 saturated carbocycles. The fourth-order valence-corrected chi connectivity index (χ4v) is 11.4. The van der Waals surface area contributed by atoms with E-state index in [0.29, 0.717) is 40.6 Å². The molecule has 0 saturated heterocycles. The van der Waals surface area contributed by atoms with Gasteiger partial charge < -0.3 is 14.7 Å². The van der Waals surface area contributed by atoms with Crippen LogP contribution in [0, 0.1) is 47.3 Å². The van der Waals surface area contributed by atoms with Crippen LogP contribution >= 0.6 is 12.0 Å². The maximum Gasteiger partial charge on any atom is 0.339 e. The highest BCUT2D eigenvalue weighted by Gasteiger charge is 2.60. The molecule has 218 valence electrons. The van der Waals surface area contributed by atoms with E-state index in [2.05, 4.69) is 23.2 Å². The van der Waals surface area contributed by atoms with Gasteiger partial charge in [-0.15, -0.1) is 0 Å². The molecule has 8 aliphatic carbocycles. The van der Waals surface area contributed by atoms with E-state index >= 15 is 0 Å². The number of rotatable bonds is 9. The SMILES string of the molecule is CCC1(OC(=O)c2ccc(SOO[O-])cc2C(=O)OC2(CC)C3CC4CC(C3)CC2C4)C2CC3CC(C2)CC1C3. The summed E-state index contributed by atoms with van der Waals surface area (Å²) in [6, 6.07) is 4.85. The molecule has 1 aromatic rings. The molecule has 0 unspecified atom stereocenters. The van der Waals surface area contributed by atoms with E-state index in [9.17, 15) is 14.8 Å². The van der Waals surface area contributed by atoms with Crippen molar-refractivity contribution in [2.24, 2.45) is 47.3 Å². The second-order valence-corrected chi connectivity index (χ2v) is 14.7. The predicted molar refractivity (Wildman–Crippen MR) is 145 cm³/mol. The van der Waals surface area contributed by atoms with Crippen LogP contribution in [0.2, 0.25) is 0 Å². The monoisotopic (exact) mass is 569 g/mol. The van der Waals surface area contributed by atoms with Crippen molar-refractivity contribution in [3.05, 3.63) is 29.3 Å². The first kappa shape index (κ1) is 27.2. The van der Waals surface area contributed by atoms with E-state index < -0.39 is 23.1 Å². The standard InChI is InChI=1S/C32H42O7S/c1-3-31(22-9-18-7-19(11-22)12-23(31)10-18)36-29(33)27-6-5-26(40-39-38-35)17-28(27)30(34)37-32(4-2)24-13-20-8-21(15-24)16-25(32)14-20/h5-6,17-25,35H,3-4,7-16H2,1-2H3/p-1. The van der Waals surface area contributed by atoms with Crippen molar-refractivity contribution >= 4 is 24.0 Å². The van der Waals surface area contributed by atoms with Gasteiger partial charge in [0.2, 0.25) is 0 Å². The van der Waals surface area contributed by atoms with Gasteiger partial charge in [0.1, 0.15) is 11.2 Å². The summed E-state index contributed by atoms with van der Waals surface area (Å²) in [5, 5.41) is 14.0. The van der Waals surface area contributed by atoms with Crippen LogP contribution in [-0.2, 0) is 18.8 Å². The van der Waals surface area contributed by atoms with Crippen molar-refractivity contribution in [1.82, 2.24) is 0 Å². The quantitative estimate of drug-likeness (QED) is 0.145. The Hall–Kier alpha value is -1.61. The molecule has 0 aliphatic heterocycles. The molecule has 7 nitrogen and oxygen atoms in total. The zero-order valence-electron chi connectivity index (χ0n) is 23.6.